The van der Waals surface area contributed by atoms with E-state index in [4.69, 9.17) is 27.6 Å². The van der Waals surface area contributed by atoms with Crippen LogP contribution in [0.5, 0.6) is 0 Å². The standard InChI is InChI=1S/C11H6BrCl2NO3/c12-11(7-2-1-6(13)5-8(7)14)9-3-4-10(18-9)15(16)17/h1-5,11H. The van der Waals surface area contributed by atoms with Crippen LogP contribution in [-0.2, 0) is 0 Å². The van der Waals surface area contributed by atoms with E-state index in [1.807, 2.05) is 0 Å². The minimum atomic E-state index is -0.591. The molecule has 7 heteroatoms. The highest BCUT2D eigenvalue weighted by Gasteiger charge is 2.21. The average Bonchev–Trinajstić information content (AvgIpc) is 2.77. The first-order valence-electron chi connectivity index (χ1n) is 4.82. The highest BCUT2D eigenvalue weighted by molar-refractivity contribution is 9.09. The van der Waals surface area contributed by atoms with Gasteiger partial charge in [-0.25, -0.2) is 0 Å². The van der Waals surface area contributed by atoms with Crippen molar-refractivity contribution in [2.75, 3.05) is 0 Å². The van der Waals surface area contributed by atoms with Gasteiger partial charge in [0.2, 0.25) is 0 Å². The summed E-state index contributed by atoms with van der Waals surface area (Å²) in [6, 6.07) is 7.85. The van der Waals surface area contributed by atoms with Gasteiger partial charge < -0.3 is 4.42 Å². The second-order valence-corrected chi connectivity index (χ2v) is 5.22. The van der Waals surface area contributed by atoms with E-state index in [0.29, 0.717) is 15.8 Å². The second-order valence-electron chi connectivity index (χ2n) is 3.46. The highest BCUT2D eigenvalue weighted by Crippen LogP contribution is 2.38. The van der Waals surface area contributed by atoms with Crippen molar-refractivity contribution in [1.82, 2.24) is 0 Å². The summed E-state index contributed by atoms with van der Waals surface area (Å²) in [5, 5.41) is 11.5. The molecule has 4 nitrogen and oxygen atoms in total. The van der Waals surface area contributed by atoms with Gasteiger partial charge in [0.25, 0.3) is 0 Å². The minimum Gasteiger partial charge on any atom is -0.404 e. The summed E-state index contributed by atoms with van der Waals surface area (Å²) in [5.74, 6) is 0.102. The lowest BCUT2D eigenvalue weighted by Crippen LogP contribution is -1.92. The number of hydrogen-bond donors (Lipinski definition) is 0. The highest BCUT2D eigenvalue weighted by atomic mass is 79.9. The van der Waals surface area contributed by atoms with Crippen LogP contribution in [0.2, 0.25) is 10.0 Å². The first kappa shape index (κ1) is 13.4. The third-order valence-corrected chi connectivity index (χ3v) is 3.78. The summed E-state index contributed by atoms with van der Waals surface area (Å²) >= 11 is 15.2. The molecule has 1 aromatic heterocycles. The monoisotopic (exact) mass is 349 g/mol. The van der Waals surface area contributed by atoms with Gasteiger partial charge in [-0.05, 0) is 23.8 Å². The van der Waals surface area contributed by atoms with Gasteiger partial charge in [-0.2, -0.15) is 0 Å². The lowest BCUT2D eigenvalue weighted by molar-refractivity contribution is -0.402. The predicted octanol–water partition coefficient (Wildman–Crippen LogP) is 4.98. The summed E-state index contributed by atoms with van der Waals surface area (Å²) in [5.41, 5.74) is 0.727. The van der Waals surface area contributed by atoms with Gasteiger partial charge in [0.15, 0.2) is 0 Å². The van der Waals surface area contributed by atoms with Gasteiger partial charge >= 0.3 is 5.88 Å². The molecule has 0 aliphatic carbocycles. The number of halogens is 3. The number of nitro groups is 1. The molecule has 0 fully saturated rings. The Bertz CT molecular complexity index is 600. The summed E-state index contributed by atoms with van der Waals surface area (Å²) in [6.07, 6.45) is 0. The van der Waals surface area contributed by atoms with Crippen LogP contribution >= 0.6 is 39.1 Å². The van der Waals surface area contributed by atoms with E-state index in [0.717, 1.165) is 5.56 Å². The molecule has 0 amide bonds. The molecular weight excluding hydrogens is 345 g/mol. The maximum atomic E-state index is 10.5. The smallest absolute Gasteiger partial charge is 0.404 e. The van der Waals surface area contributed by atoms with Gasteiger partial charge in [0.1, 0.15) is 10.7 Å². The summed E-state index contributed by atoms with van der Waals surface area (Å²) in [7, 11) is 0. The normalized spacial score (nSPS) is 12.4. The van der Waals surface area contributed by atoms with Crippen LogP contribution in [0.1, 0.15) is 16.2 Å². The fraction of sp³-hybridized carbons (Fsp3) is 0.0909. The average molecular weight is 351 g/mol. The maximum Gasteiger partial charge on any atom is 0.433 e. The second kappa shape index (κ2) is 5.30. The van der Waals surface area contributed by atoms with Gasteiger partial charge in [-0.15, -0.1) is 0 Å². The Hall–Kier alpha value is -1.04. The fourth-order valence-electron chi connectivity index (χ4n) is 1.44. The van der Waals surface area contributed by atoms with Crippen molar-refractivity contribution in [3.05, 3.63) is 61.8 Å². The molecule has 0 N–H and O–H groups in total. The fourth-order valence-corrected chi connectivity index (χ4v) is 2.73. The predicted molar refractivity (Wildman–Crippen MR) is 72.6 cm³/mol. The van der Waals surface area contributed by atoms with Crippen LogP contribution in [0.15, 0.2) is 34.7 Å². The summed E-state index contributed by atoms with van der Waals surface area (Å²) in [4.78, 5) is 9.58. The Labute approximate surface area is 121 Å². The first-order chi connectivity index (χ1) is 8.49. The van der Waals surface area contributed by atoms with Crippen molar-refractivity contribution in [2.45, 2.75) is 4.83 Å². The van der Waals surface area contributed by atoms with E-state index in [1.54, 1.807) is 18.2 Å². The summed E-state index contributed by atoms with van der Waals surface area (Å²) < 4.78 is 5.11. The topological polar surface area (TPSA) is 56.3 Å². The van der Waals surface area contributed by atoms with Crippen molar-refractivity contribution >= 4 is 45.0 Å². The molecule has 1 atom stereocenters. The molecule has 94 valence electrons. The van der Waals surface area contributed by atoms with E-state index < -0.39 is 4.92 Å². The van der Waals surface area contributed by atoms with Crippen molar-refractivity contribution < 1.29 is 9.34 Å². The maximum absolute atomic E-state index is 10.5. The summed E-state index contributed by atoms with van der Waals surface area (Å²) in [6.45, 7) is 0. The third kappa shape index (κ3) is 2.68. The van der Waals surface area contributed by atoms with Crippen LogP contribution in [0, 0.1) is 10.1 Å². The van der Waals surface area contributed by atoms with Crippen molar-refractivity contribution in [3.8, 4) is 0 Å². The zero-order valence-corrected chi connectivity index (χ0v) is 11.9. The molecule has 0 spiro atoms. The van der Waals surface area contributed by atoms with Crippen LogP contribution in [0.3, 0.4) is 0 Å². The molecule has 0 saturated carbocycles. The lowest BCUT2D eigenvalue weighted by atomic mass is 10.1. The number of furan rings is 1. The zero-order valence-electron chi connectivity index (χ0n) is 8.77. The Balaban J connectivity index is 2.35. The SMILES string of the molecule is O=[N+]([O-])c1ccc(C(Br)c2ccc(Cl)cc2Cl)o1. The Kier molecular flexibility index (Phi) is 3.94. The molecule has 2 aromatic rings. The molecule has 0 aliphatic rings. The zero-order chi connectivity index (χ0) is 13.3. The molecule has 1 unspecified atom stereocenters. The Morgan fingerprint density at radius 3 is 2.56 bits per heavy atom. The van der Waals surface area contributed by atoms with Gasteiger partial charge in [0.05, 0.1) is 10.9 Å². The number of rotatable bonds is 3. The molecule has 18 heavy (non-hydrogen) atoms. The van der Waals surface area contributed by atoms with E-state index in [1.165, 1.54) is 12.1 Å². The first-order valence-corrected chi connectivity index (χ1v) is 6.49. The third-order valence-electron chi connectivity index (χ3n) is 2.28. The molecule has 0 saturated heterocycles. The van der Waals surface area contributed by atoms with E-state index in [9.17, 15) is 10.1 Å². The number of nitrogens with zero attached hydrogens (tertiary/aromatic N) is 1. The molecule has 0 bridgehead atoms. The minimum absolute atomic E-state index is 0.306. The molecule has 2 rings (SSSR count). The van der Waals surface area contributed by atoms with Crippen molar-refractivity contribution in [2.24, 2.45) is 0 Å². The van der Waals surface area contributed by atoms with Gasteiger partial charge in [-0.1, -0.05) is 45.2 Å². The van der Waals surface area contributed by atoms with Crippen molar-refractivity contribution in [1.29, 1.82) is 0 Å². The van der Waals surface area contributed by atoms with Gasteiger partial charge in [-0.3, -0.25) is 10.1 Å². The van der Waals surface area contributed by atoms with E-state index in [-0.39, 0.29) is 10.7 Å². The molecule has 0 aliphatic heterocycles. The largest absolute Gasteiger partial charge is 0.433 e. The van der Waals surface area contributed by atoms with Gasteiger partial charge in [0, 0.05) is 10.0 Å². The van der Waals surface area contributed by atoms with Crippen LogP contribution < -0.4 is 0 Å². The number of hydrogen-bond acceptors (Lipinski definition) is 3. The lowest BCUT2D eigenvalue weighted by Gasteiger charge is -2.09. The van der Waals surface area contributed by atoms with E-state index >= 15 is 0 Å². The van der Waals surface area contributed by atoms with Crippen molar-refractivity contribution in [3.63, 3.8) is 0 Å². The quantitative estimate of drug-likeness (QED) is 0.445. The Morgan fingerprint density at radius 2 is 2.00 bits per heavy atom. The number of benzene rings is 1. The molecule has 1 heterocycles. The molecule has 0 radical (unpaired) electrons. The van der Waals surface area contributed by atoms with Crippen LogP contribution in [-0.4, -0.2) is 4.92 Å². The van der Waals surface area contributed by atoms with E-state index in [2.05, 4.69) is 15.9 Å². The molecular formula is C11H6BrCl2NO3. The molecule has 1 aromatic carbocycles. The number of alkyl halides is 1. The van der Waals surface area contributed by atoms with Crippen LogP contribution in [0.25, 0.3) is 0 Å². The Morgan fingerprint density at radius 1 is 1.28 bits per heavy atom. The van der Waals surface area contributed by atoms with Crippen LogP contribution in [0.4, 0.5) is 5.88 Å².